The average Bonchev–Trinajstić information content (AvgIpc) is 2.72. The molecule has 0 aromatic heterocycles. The second-order valence-electron chi connectivity index (χ2n) is 6.18. The van der Waals surface area contributed by atoms with E-state index in [1.807, 2.05) is 6.07 Å². The van der Waals surface area contributed by atoms with Gasteiger partial charge in [0, 0.05) is 6.54 Å². The SMILES string of the molecule is C=CCN1C(=O)/C(=C\c2ccc(O)c(OCC)c2)C(=O)N(c2ccccc2)C1=S. The molecule has 1 aliphatic rings. The number of carbonyl (C=O) groups excluding carboxylic acids is 2. The molecular weight excluding hydrogens is 388 g/mol. The van der Waals surface area contributed by atoms with E-state index in [1.165, 1.54) is 21.9 Å². The van der Waals surface area contributed by atoms with Gasteiger partial charge in [-0.2, -0.15) is 0 Å². The van der Waals surface area contributed by atoms with Crippen LogP contribution in [-0.4, -0.2) is 40.1 Å². The van der Waals surface area contributed by atoms with Crippen molar-refractivity contribution in [3.63, 3.8) is 0 Å². The summed E-state index contributed by atoms with van der Waals surface area (Å²) in [6.45, 7) is 6.01. The summed E-state index contributed by atoms with van der Waals surface area (Å²) < 4.78 is 5.38. The van der Waals surface area contributed by atoms with Crippen LogP contribution in [0.4, 0.5) is 5.69 Å². The fourth-order valence-electron chi connectivity index (χ4n) is 2.93. The number of nitrogens with zero attached hydrogens (tertiary/aromatic N) is 2. The molecule has 2 aromatic rings. The van der Waals surface area contributed by atoms with Crippen molar-refractivity contribution >= 4 is 40.9 Å². The first kappa shape index (κ1) is 20.3. The Morgan fingerprint density at radius 1 is 1.14 bits per heavy atom. The number of ether oxygens (including phenoxy) is 1. The van der Waals surface area contributed by atoms with Crippen molar-refractivity contribution in [3.05, 3.63) is 72.3 Å². The molecule has 1 heterocycles. The Hall–Kier alpha value is -3.45. The van der Waals surface area contributed by atoms with Gasteiger partial charge in [0.15, 0.2) is 16.6 Å². The van der Waals surface area contributed by atoms with Crippen LogP contribution < -0.4 is 9.64 Å². The second-order valence-corrected chi connectivity index (χ2v) is 6.55. The van der Waals surface area contributed by atoms with Gasteiger partial charge < -0.3 is 9.84 Å². The molecule has 7 heteroatoms. The van der Waals surface area contributed by atoms with Crippen LogP contribution >= 0.6 is 12.2 Å². The van der Waals surface area contributed by atoms with Crippen molar-refractivity contribution < 1.29 is 19.4 Å². The van der Waals surface area contributed by atoms with Crippen molar-refractivity contribution in [3.8, 4) is 11.5 Å². The average molecular weight is 408 g/mol. The van der Waals surface area contributed by atoms with Gasteiger partial charge in [-0.05, 0) is 55.0 Å². The Bertz CT molecular complexity index is 1000. The van der Waals surface area contributed by atoms with E-state index >= 15 is 0 Å². The van der Waals surface area contributed by atoms with Gasteiger partial charge in [-0.25, -0.2) is 0 Å². The zero-order valence-corrected chi connectivity index (χ0v) is 16.7. The molecule has 0 saturated carbocycles. The van der Waals surface area contributed by atoms with Gasteiger partial charge in [-0.3, -0.25) is 19.4 Å². The number of benzene rings is 2. The highest BCUT2D eigenvalue weighted by molar-refractivity contribution is 7.80. The van der Waals surface area contributed by atoms with Crippen molar-refractivity contribution in [1.82, 2.24) is 4.90 Å². The topological polar surface area (TPSA) is 70.1 Å². The molecule has 1 N–H and O–H groups in total. The van der Waals surface area contributed by atoms with Crippen molar-refractivity contribution in [2.75, 3.05) is 18.1 Å². The molecule has 29 heavy (non-hydrogen) atoms. The van der Waals surface area contributed by atoms with Crippen LogP contribution in [0.25, 0.3) is 6.08 Å². The molecule has 0 unspecified atom stereocenters. The third-order valence-electron chi connectivity index (χ3n) is 4.25. The Kier molecular flexibility index (Phi) is 6.09. The first-order valence-electron chi connectivity index (χ1n) is 9.01. The fraction of sp³-hybridized carbons (Fsp3) is 0.136. The van der Waals surface area contributed by atoms with Crippen LogP contribution in [0.5, 0.6) is 11.5 Å². The van der Waals surface area contributed by atoms with Gasteiger partial charge in [0.25, 0.3) is 11.8 Å². The number of thiocarbonyl (C=S) groups is 1. The van der Waals surface area contributed by atoms with Crippen LogP contribution in [0.15, 0.2) is 66.8 Å². The summed E-state index contributed by atoms with van der Waals surface area (Å²) >= 11 is 5.42. The van der Waals surface area contributed by atoms with Gasteiger partial charge in [0.2, 0.25) is 0 Å². The first-order chi connectivity index (χ1) is 14.0. The van der Waals surface area contributed by atoms with E-state index in [2.05, 4.69) is 6.58 Å². The number of aromatic hydroxyl groups is 1. The summed E-state index contributed by atoms with van der Waals surface area (Å²) in [5, 5.41) is 9.99. The summed E-state index contributed by atoms with van der Waals surface area (Å²) in [4.78, 5) is 28.8. The number of phenolic OH excluding ortho intramolecular Hbond substituents is 1. The minimum Gasteiger partial charge on any atom is -0.504 e. The molecule has 3 rings (SSSR count). The highest BCUT2D eigenvalue weighted by atomic mass is 32.1. The van der Waals surface area contributed by atoms with E-state index in [1.54, 1.807) is 49.4 Å². The number of phenols is 1. The Labute approximate surface area is 174 Å². The Balaban J connectivity index is 2.08. The van der Waals surface area contributed by atoms with Crippen molar-refractivity contribution in [1.29, 1.82) is 0 Å². The number of hydrogen-bond acceptors (Lipinski definition) is 5. The van der Waals surface area contributed by atoms with Gasteiger partial charge in [0.1, 0.15) is 5.57 Å². The molecule has 0 radical (unpaired) electrons. The quantitative estimate of drug-likeness (QED) is 0.343. The van der Waals surface area contributed by atoms with Crippen LogP contribution in [0.2, 0.25) is 0 Å². The maximum atomic E-state index is 13.2. The van der Waals surface area contributed by atoms with Crippen LogP contribution in [0, 0.1) is 0 Å². The molecule has 0 bridgehead atoms. The third kappa shape index (κ3) is 4.05. The minimum absolute atomic E-state index is 0.0179. The molecular formula is C22H20N2O4S. The summed E-state index contributed by atoms with van der Waals surface area (Å²) in [5.41, 5.74) is 1.07. The number of para-hydroxylation sites is 1. The molecule has 1 aliphatic heterocycles. The van der Waals surface area contributed by atoms with E-state index in [0.717, 1.165) is 0 Å². The smallest absolute Gasteiger partial charge is 0.270 e. The first-order valence-corrected chi connectivity index (χ1v) is 9.42. The van der Waals surface area contributed by atoms with Crippen LogP contribution in [0.1, 0.15) is 12.5 Å². The number of rotatable bonds is 6. The summed E-state index contributed by atoms with van der Waals surface area (Å²) in [5.74, 6) is -0.762. The molecule has 0 aliphatic carbocycles. The maximum absolute atomic E-state index is 13.2. The lowest BCUT2D eigenvalue weighted by Crippen LogP contribution is -2.56. The van der Waals surface area contributed by atoms with E-state index in [-0.39, 0.29) is 28.7 Å². The van der Waals surface area contributed by atoms with Crippen molar-refractivity contribution in [2.24, 2.45) is 0 Å². The Morgan fingerprint density at radius 2 is 1.86 bits per heavy atom. The summed E-state index contributed by atoms with van der Waals surface area (Å²) in [6.07, 6.45) is 3.02. The highest BCUT2D eigenvalue weighted by Gasteiger charge is 2.39. The lowest BCUT2D eigenvalue weighted by atomic mass is 10.1. The molecule has 1 saturated heterocycles. The maximum Gasteiger partial charge on any atom is 0.270 e. The van der Waals surface area contributed by atoms with Gasteiger partial charge in [-0.15, -0.1) is 6.58 Å². The molecule has 1 fully saturated rings. The molecule has 2 amide bonds. The fourth-order valence-corrected chi connectivity index (χ4v) is 3.27. The Morgan fingerprint density at radius 3 is 2.52 bits per heavy atom. The standard InChI is InChI=1S/C22H20N2O4S/c1-3-12-23-20(26)17(13-15-10-11-18(25)19(14-15)28-4-2)21(27)24(22(23)29)16-8-6-5-7-9-16/h3,5-11,13-14,25H,1,4,12H2,2H3/b17-13+. The van der Waals surface area contributed by atoms with E-state index < -0.39 is 11.8 Å². The number of carbonyl (C=O) groups is 2. The number of anilines is 1. The van der Waals surface area contributed by atoms with Gasteiger partial charge >= 0.3 is 0 Å². The lowest BCUT2D eigenvalue weighted by molar-refractivity contribution is -0.127. The monoisotopic (exact) mass is 408 g/mol. The third-order valence-corrected chi connectivity index (χ3v) is 4.65. The van der Waals surface area contributed by atoms with E-state index in [9.17, 15) is 14.7 Å². The zero-order valence-electron chi connectivity index (χ0n) is 15.9. The molecule has 2 aromatic carbocycles. The van der Waals surface area contributed by atoms with Gasteiger partial charge in [0.05, 0.1) is 12.3 Å². The normalized spacial score (nSPS) is 15.8. The number of hydrogen-bond donors (Lipinski definition) is 1. The van der Waals surface area contributed by atoms with E-state index in [4.69, 9.17) is 17.0 Å². The largest absolute Gasteiger partial charge is 0.504 e. The second kappa shape index (κ2) is 8.70. The van der Waals surface area contributed by atoms with Crippen LogP contribution in [0.3, 0.4) is 0 Å². The molecule has 0 spiro atoms. The lowest BCUT2D eigenvalue weighted by Gasteiger charge is -2.36. The number of amides is 2. The van der Waals surface area contributed by atoms with E-state index in [0.29, 0.717) is 17.9 Å². The predicted octanol–water partition coefficient (Wildman–Crippen LogP) is 3.52. The van der Waals surface area contributed by atoms with Crippen LogP contribution in [-0.2, 0) is 9.59 Å². The zero-order chi connectivity index (χ0) is 21.0. The molecule has 148 valence electrons. The predicted molar refractivity (Wildman–Crippen MR) is 116 cm³/mol. The highest BCUT2D eigenvalue weighted by Crippen LogP contribution is 2.30. The minimum atomic E-state index is -0.516. The summed E-state index contributed by atoms with van der Waals surface area (Å²) in [7, 11) is 0. The molecule has 6 nitrogen and oxygen atoms in total. The summed E-state index contributed by atoms with van der Waals surface area (Å²) in [6, 6.07) is 13.5. The molecule has 0 atom stereocenters. The van der Waals surface area contributed by atoms with Crippen molar-refractivity contribution in [2.45, 2.75) is 6.92 Å². The van der Waals surface area contributed by atoms with Gasteiger partial charge in [-0.1, -0.05) is 30.3 Å².